The maximum atomic E-state index is 12.5. The number of amides is 1. The fourth-order valence-corrected chi connectivity index (χ4v) is 5.01. The maximum Gasteiger partial charge on any atom is 0.228 e. The summed E-state index contributed by atoms with van der Waals surface area (Å²) in [6, 6.07) is 18.0. The molecule has 0 spiro atoms. The van der Waals surface area contributed by atoms with Gasteiger partial charge >= 0.3 is 0 Å². The molecule has 0 radical (unpaired) electrons. The van der Waals surface area contributed by atoms with E-state index in [2.05, 4.69) is 20.4 Å². The number of sulfone groups is 1. The van der Waals surface area contributed by atoms with Crippen molar-refractivity contribution < 1.29 is 13.2 Å². The summed E-state index contributed by atoms with van der Waals surface area (Å²) in [6.45, 7) is 5.37. The Hall–Kier alpha value is -3.26. The predicted octanol–water partition coefficient (Wildman–Crippen LogP) is 4.50. The Morgan fingerprint density at radius 2 is 1.59 bits per heavy atom. The molecule has 178 valence electrons. The minimum atomic E-state index is -3.32. The van der Waals surface area contributed by atoms with E-state index in [0.717, 1.165) is 35.7 Å². The quantitative estimate of drug-likeness (QED) is 0.538. The second kappa shape index (κ2) is 10.3. The molecular weight excluding hydrogens is 448 g/mol. The molecule has 0 aliphatic carbocycles. The van der Waals surface area contributed by atoms with E-state index in [9.17, 15) is 13.2 Å². The minimum Gasteiger partial charge on any atom is -0.355 e. The van der Waals surface area contributed by atoms with Crippen LogP contribution >= 0.6 is 0 Å². The van der Waals surface area contributed by atoms with Crippen molar-refractivity contribution in [1.29, 1.82) is 0 Å². The second-order valence-electron chi connectivity index (χ2n) is 8.86. The van der Waals surface area contributed by atoms with E-state index in [4.69, 9.17) is 0 Å². The first kappa shape index (κ1) is 23.9. The number of anilines is 2. The first-order valence-electron chi connectivity index (χ1n) is 11.6. The zero-order valence-corrected chi connectivity index (χ0v) is 20.4. The number of benzene rings is 2. The Morgan fingerprint density at radius 3 is 2.18 bits per heavy atom. The number of piperidine rings is 1. The maximum absolute atomic E-state index is 12.5. The fourth-order valence-electron chi connectivity index (χ4n) is 3.95. The van der Waals surface area contributed by atoms with E-state index in [1.54, 1.807) is 38.1 Å². The minimum absolute atomic E-state index is 0.160. The molecule has 1 fully saturated rings. The fraction of sp³-hybridized carbons (Fsp3) is 0.346. The van der Waals surface area contributed by atoms with E-state index in [0.29, 0.717) is 5.69 Å². The van der Waals surface area contributed by atoms with Gasteiger partial charge in [-0.1, -0.05) is 24.3 Å². The largest absolute Gasteiger partial charge is 0.355 e. The molecule has 0 atom stereocenters. The lowest BCUT2D eigenvalue weighted by atomic mass is 10.1. The highest BCUT2D eigenvalue weighted by Gasteiger charge is 2.19. The van der Waals surface area contributed by atoms with Gasteiger partial charge in [-0.05, 0) is 75.1 Å². The number of aromatic nitrogens is 2. The summed E-state index contributed by atoms with van der Waals surface area (Å²) in [5.41, 5.74) is 3.15. The van der Waals surface area contributed by atoms with Crippen molar-refractivity contribution in [2.75, 3.05) is 23.3 Å². The van der Waals surface area contributed by atoms with Crippen LogP contribution in [0.3, 0.4) is 0 Å². The lowest BCUT2D eigenvalue weighted by Crippen LogP contribution is -2.30. The predicted molar refractivity (Wildman–Crippen MR) is 135 cm³/mol. The lowest BCUT2D eigenvalue weighted by molar-refractivity contribution is -0.115. The Bertz CT molecular complexity index is 1220. The van der Waals surface area contributed by atoms with Gasteiger partial charge in [0.25, 0.3) is 0 Å². The molecular formula is C26H30N4O3S. The van der Waals surface area contributed by atoms with Gasteiger partial charge in [0, 0.05) is 24.3 Å². The number of rotatable bonds is 7. The average molecular weight is 479 g/mol. The number of hydrogen-bond acceptors (Lipinski definition) is 6. The zero-order chi connectivity index (χ0) is 24.1. The highest BCUT2D eigenvalue weighted by atomic mass is 32.2. The van der Waals surface area contributed by atoms with E-state index < -0.39 is 15.1 Å². The molecule has 1 saturated heterocycles. The number of carbonyl (C=O) groups excluding carboxylic acids is 1. The van der Waals surface area contributed by atoms with Crippen molar-refractivity contribution in [3.8, 4) is 11.3 Å². The topological polar surface area (TPSA) is 92.3 Å². The van der Waals surface area contributed by atoms with Crippen molar-refractivity contribution in [3.63, 3.8) is 0 Å². The van der Waals surface area contributed by atoms with Gasteiger partial charge in [-0.15, -0.1) is 10.2 Å². The molecule has 2 heterocycles. The summed E-state index contributed by atoms with van der Waals surface area (Å²) in [6.07, 6.45) is 3.83. The standard InChI is InChI=1S/C26H30N4O3S/c1-19(2)34(32,33)23-12-6-20(7-13-23)18-26(31)27-22-10-8-21(9-11-22)24-14-15-25(29-28-24)30-16-4-3-5-17-30/h6-15,19H,3-5,16-18H2,1-2H3,(H,27,31). The Kier molecular flexibility index (Phi) is 7.26. The van der Waals surface area contributed by atoms with Crippen molar-refractivity contribution in [2.45, 2.75) is 49.7 Å². The zero-order valence-electron chi connectivity index (χ0n) is 19.6. The van der Waals surface area contributed by atoms with Crippen molar-refractivity contribution in [2.24, 2.45) is 0 Å². The van der Waals surface area contributed by atoms with Crippen LogP contribution < -0.4 is 10.2 Å². The highest BCUT2D eigenvalue weighted by molar-refractivity contribution is 7.92. The molecule has 1 N–H and O–H groups in total. The van der Waals surface area contributed by atoms with Gasteiger partial charge in [-0.25, -0.2) is 8.42 Å². The summed E-state index contributed by atoms with van der Waals surface area (Å²) in [5.74, 6) is 0.750. The van der Waals surface area contributed by atoms with Gasteiger partial charge < -0.3 is 10.2 Å². The summed E-state index contributed by atoms with van der Waals surface area (Å²) in [5, 5.41) is 11.2. The lowest BCUT2D eigenvalue weighted by Gasteiger charge is -2.27. The van der Waals surface area contributed by atoms with Gasteiger partial charge in [0.2, 0.25) is 5.91 Å². The van der Waals surface area contributed by atoms with Crippen molar-refractivity contribution >= 4 is 27.2 Å². The molecule has 2 aromatic carbocycles. The first-order valence-corrected chi connectivity index (χ1v) is 13.2. The van der Waals surface area contributed by atoms with Gasteiger partial charge in [0.1, 0.15) is 0 Å². The molecule has 4 rings (SSSR count). The Morgan fingerprint density at radius 1 is 0.912 bits per heavy atom. The Balaban J connectivity index is 1.35. The monoisotopic (exact) mass is 478 g/mol. The third-order valence-corrected chi connectivity index (χ3v) is 8.20. The van der Waals surface area contributed by atoms with Crippen LogP contribution in [0.1, 0.15) is 38.7 Å². The van der Waals surface area contributed by atoms with Crippen molar-refractivity contribution in [1.82, 2.24) is 10.2 Å². The number of hydrogen-bond donors (Lipinski definition) is 1. The van der Waals surface area contributed by atoms with Gasteiger partial charge in [-0.2, -0.15) is 0 Å². The smallest absolute Gasteiger partial charge is 0.228 e. The third kappa shape index (κ3) is 5.62. The van der Waals surface area contributed by atoms with Crippen LogP contribution in [0.15, 0.2) is 65.6 Å². The molecule has 0 saturated carbocycles. The average Bonchev–Trinajstić information content (AvgIpc) is 2.85. The van der Waals surface area contributed by atoms with Crippen LogP contribution in [-0.4, -0.2) is 42.9 Å². The van der Waals surface area contributed by atoms with Gasteiger partial charge in [0.15, 0.2) is 15.7 Å². The first-order chi connectivity index (χ1) is 16.3. The summed E-state index contributed by atoms with van der Waals surface area (Å²) < 4.78 is 24.5. The number of carbonyl (C=O) groups is 1. The van der Waals surface area contributed by atoms with Crippen LogP contribution in [0.25, 0.3) is 11.3 Å². The molecule has 8 heteroatoms. The van der Waals surface area contributed by atoms with Crippen molar-refractivity contribution in [3.05, 3.63) is 66.2 Å². The number of nitrogens with one attached hydrogen (secondary N) is 1. The van der Waals surface area contributed by atoms with Gasteiger partial charge in [-0.3, -0.25) is 4.79 Å². The number of nitrogens with zero attached hydrogens (tertiary/aromatic N) is 3. The van der Waals surface area contributed by atoms with Crippen LogP contribution in [-0.2, 0) is 21.1 Å². The normalized spacial score (nSPS) is 14.3. The van der Waals surface area contributed by atoms with Crippen LogP contribution in [0, 0.1) is 0 Å². The molecule has 3 aromatic rings. The van der Waals surface area contributed by atoms with E-state index in [-0.39, 0.29) is 17.2 Å². The molecule has 0 unspecified atom stereocenters. The summed E-state index contributed by atoms with van der Waals surface area (Å²) in [7, 11) is -3.32. The second-order valence-corrected chi connectivity index (χ2v) is 11.4. The Labute approximate surface area is 201 Å². The summed E-state index contributed by atoms with van der Waals surface area (Å²) in [4.78, 5) is 15.0. The molecule has 7 nitrogen and oxygen atoms in total. The van der Waals surface area contributed by atoms with Crippen LogP contribution in [0.2, 0.25) is 0 Å². The molecule has 34 heavy (non-hydrogen) atoms. The molecule has 0 bridgehead atoms. The molecule has 1 aliphatic heterocycles. The third-order valence-electron chi connectivity index (χ3n) is 6.03. The molecule has 1 amide bonds. The van der Waals surface area contributed by atoms with Crippen LogP contribution in [0.5, 0.6) is 0 Å². The van der Waals surface area contributed by atoms with E-state index >= 15 is 0 Å². The van der Waals surface area contributed by atoms with Gasteiger partial charge in [0.05, 0.1) is 22.3 Å². The summed E-state index contributed by atoms with van der Waals surface area (Å²) >= 11 is 0. The van der Waals surface area contributed by atoms with Crippen LogP contribution in [0.4, 0.5) is 11.5 Å². The van der Waals surface area contributed by atoms with E-state index in [1.165, 1.54) is 19.3 Å². The molecule has 1 aliphatic rings. The highest BCUT2D eigenvalue weighted by Crippen LogP contribution is 2.23. The van der Waals surface area contributed by atoms with E-state index in [1.807, 2.05) is 36.4 Å². The molecule has 1 aromatic heterocycles. The SMILES string of the molecule is CC(C)S(=O)(=O)c1ccc(CC(=O)Nc2ccc(-c3ccc(N4CCCCC4)nn3)cc2)cc1.